The molecule has 112 valence electrons. The number of aromatic nitrogens is 2. The molecular weight excluding hydrogens is 252 g/mol. The van der Waals surface area contributed by atoms with Crippen LogP contribution in [0.5, 0.6) is 0 Å². The minimum absolute atomic E-state index is 0.0694. The summed E-state index contributed by atoms with van der Waals surface area (Å²) in [6, 6.07) is 0. The SMILES string of the molecule is CC(C)C(CNC(=O)c1cn2c(n1)NCCC2)C(C)C. The third-order valence-corrected chi connectivity index (χ3v) is 4.08. The van der Waals surface area contributed by atoms with E-state index in [1.165, 1.54) is 0 Å². The van der Waals surface area contributed by atoms with E-state index in [4.69, 9.17) is 0 Å². The predicted molar refractivity (Wildman–Crippen MR) is 80.8 cm³/mol. The summed E-state index contributed by atoms with van der Waals surface area (Å²) in [4.78, 5) is 16.6. The molecule has 5 heteroatoms. The van der Waals surface area contributed by atoms with Crippen LogP contribution in [0.3, 0.4) is 0 Å². The van der Waals surface area contributed by atoms with Gasteiger partial charge in [0, 0.05) is 25.8 Å². The minimum atomic E-state index is -0.0694. The first-order valence-electron chi connectivity index (χ1n) is 7.58. The van der Waals surface area contributed by atoms with Crippen LogP contribution in [-0.2, 0) is 6.54 Å². The number of carbonyl (C=O) groups excluding carboxylic acids is 1. The maximum atomic E-state index is 12.2. The van der Waals surface area contributed by atoms with Crippen LogP contribution >= 0.6 is 0 Å². The number of aryl methyl sites for hydroxylation is 1. The molecule has 0 aliphatic carbocycles. The van der Waals surface area contributed by atoms with Crippen molar-refractivity contribution < 1.29 is 4.79 Å². The van der Waals surface area contributed by atoms with Crippen molar-refractivity contribution in [3.05, 3.63) is 11.9 Å². The van der Waals surface area contributed by atoms with Crippen molar-refractivity contribution in [3.63, 3.8) is 0 Å². The zero-order chi connectivity index (χ0) is 14.7. The van der Waals surface area contributed by atoms with E-state index in [0.717, 1.165) is 25.5 Å². The fraction of sp³-hybridized carbons (Fsp3) is 0.733. The Hall–Kier alpha value is -1.52. The van der Waals surface area contributed by atoms with Gasteiger partial charge in [0.05, 0.1) is 0 Å². The molecule has 0 aromatic carbocycles. The van der Waals surface area contributed by atoms with Crippen LogP contribution in [0, 0.1) is 17.8 Å². The van der Waals surface area contributed by atoms with Crippen LogP contribution in [0.25, 0.3) is 0 Å². The largest absolute Gasteiger partial charge is 0.356 e. The number of amides is 1. The number of anilines is 1. The second kappa shape index (κ2) is 6.29. The first kappa shape index (κ1) is 14.9. The molecule has 1 aliphatic rings. The zero-order valence-corrected chi connectivity index (χ0v) is 12.9. The Morgan fingerprint density at radius 1 is 1.40 bits per heavy atom. The quantitative estimate of drug-likeness (QED) is 0.869. The Kier molecular flexibility index (Phi) is 4.68. The lowest BCUT2D eigenvalue weighted by molar-refractivity contribution is 0.0932. The fourth-order valence-electron chi connectivity index (χ4n) is 2.83. The number of nitrogens with zero attached hydrogens (tertiary/aromatic N) is 2. The van der Waals surface area contributed by atoms with E-state index in [0.29, 0.717) is 30.0 Å². The first-order chi connectivity index (χ1) is 9.49. The van der Waals surface area contributed by atoms with Gasteiger partial charge in [-0.15, -0.1) is 0 Å². The number of fused-ring (bicyclic) bond motifs is 1. The van der Waals surface area contributed by atoms with Gasteiger partial charge in [0.25, 0.3) is 5.91 Å². The summed E-state index contributed by atoms with van der Waals surface area (Å²) in [6.07, 6.45) is 2.92. The molecule has 1 aromatic rings. The summed E-state index contributed by atoms with van der Waals surface area (Å²) < 4.78 is 2.01. The third-order valence-electron chi connectivity index (χ3n) is 4.08. The van der Waals surface area contributed by atoms with E-state index in [1.54, 1.807) is 0 Å². The molecule has 2 rings (SSSR count). The molecule has 0 saturated carbocycles. The van der Waals surface area contributed by atoms with Crippen LogP contribution in [0.2, 0.25) is 0 Å². The standard InChI is InChI=1S/C15H26N4O/c1-10(2)12(11(3)4)8-17-14(20)13-9-19-7-5-6-16-15(19)18-13/h9-12H,5-8H2,1-4H3,(H,16,18)(H,17,20). The van der Waals surface area contributed by atoms with Gasteiger partial charge in [-0.2, -0.15) is 0 Å². The fourth-order valence-corrected chi connectivity index (χ4v) is 2.83. The summed E-state index contributed by atoms with van der Waals surface area (Å²) in [5.41, 5.74) is 0.515. The van der Waals surface area contributed by atoms with Crippen LogP contribution in [-0.4, -0.2) is 28.5 Å². The Bertz CT molecular complexity index is 433. The normalized spacial score (nSPS) is 14.6. The summed E-state index contributed by atoms with van der Waals surface area (Å²) >= 11 is 0. The summed E-state index contributed by atoms with van der Waals surface area (Å²) in [5, 5.41) is 6.24. The Morgan fingerprint density at radius 2 is 2.10 bits per heavy atom. The average molecular weight is 278 g/mol. The van der Waals surface area contributed by atoms with Crippen LogP contribution in [0.1, 0.15) is 44.6 Å². The van der Waals surface area contributed by atoms with Crippen molar-refractivity contribution in [3.8, 4) is 0 Å². The molecular formula is C15H26N4O. The molecule has 5 nitrogen and oxygen atoms in total. The lowest BCUT2D eigenvalue weighted by Gasteiger charge is -2.24. The molecule has 0 unspecified atom stereocenters. The molecule has 0 spiro atoms. The van der Waals surface area contributed by atoms with E-state index >= 15 is 0 Å². The van der Waals surface area contributed by atoms with Gasteiger partial charge >= 0.3 is 0 Å². The second-order valence-corrected chi connectivity index (χ2v) is 6.29. The lowest BCUT2D eigenvalue weighted by atomic mass is 9.85. The highest BCUT2D eigenvalue weighted by Crippen LogP contribution is 2.20. The first-order valence-corrected chi connectivity index (χ1v) is 7.58. The smallest absolute Gasteiger partial charge is 0.271 e. The van der Waals surface area contributed by atoms with Crippen molar-refractivity contribution in [1.82, 2.24) is 14.9 Å². The molecule has 2 heterocycles. The third kappa shape index (κ3) is 3.32. The molecule has 0 saturated heterocycles. The van der Waals surface area contributed by atoms with Gasteiger partial charge in [-0.1, -0.05) is 27.7 Å². The van der Waals surface area contributed by atoms with E-state index in [-0.39, 0.29) is 5.91 Å². The van der Waals surface area contributed by atoms with Gasteiger partial charge in [-0.3, -0.25) is 4.79 Å². The molecule has 1 aliphatic heterocycles. The van der Waals surface area contributed by atoms with E-state index in [2.05, 4.69) is 43.3 Å². The average Bonchev–Trinajstić information content (AvgIpc) is 2.81. The van der Waals surface area contributed by atoms with E-state index < -0.39 is 0 Å². The highest BCUT2D eigenvalue weighted by molar-refractivity contribution is 5.92. The van der Waals surface area contributed by atoms with Crippen molar-refractivity contribution in [2.24, 2.45) is 17.8 Å². The Balaban J connectivity index is 1.96. The summed E-state index contributed by atoms with van der Waals surface area (Å²) in [7, 11) is 0. The molecule has 1 amide bonds. The van der Waals surface area contributed by atoms with Gasteiger partial charge in [0.15, 0.2) is 0 Å². The molecule has 0 fully saturated rings. The van der Waals surface area contributed by atoms with Crippen molar-refractivity contribution >= 4 is 11.9 Å². The van der Waals surface area contributed by atoms with Crippen molar-refractivity contribution in [2.45, 2.75) is 40.7 Å². The van der Waals surface area contributed by atoms with Gasteiger partial charge in [-0.05, 0) is 24.2 Å². The highest BCUT2D eigenvalue weighted by atomic mass is 16.1. The Labute approximate surface area is 121 Å². The van der Waals surface area contributed by atoms with E-state index in [1.807, 2.05) is 10.8 Å². The van der Waals surface area contributed by atoms with Gasteiger partial charge in [0.2, 0.25) is 5.95 Å². The topological polar surface area (TPSA) is 59.0 Å². The number of imidazole rings is 1. The Morgan fingerprint density at radius 3 is 2.70 bits per heavy atom. The zero-order valence-electron chi connectivity index (χ0n) is 12.9. The number of hydrogen-bond acceptors (Lipinski definition) is 3. The van der Waals surface area contributed by atoms with Crippen LogP contribution < -0.4 is 10.6 Å². The number of rotatable bonds is 5. The highest BCUT2D eigenvalue weighted by Gasteiger charge is 2.20. The maximum absolute atomic E-state index is 12.2. The molecule has 0 radical (unpaired) electrons. The summed E-state index contributed by atoms with van der Waals surface area (Å²) in [6.45, 7) is 11.4. The van der Waals surface area contributed by atoms with Crippen LogP contribution in [0.15, 0.2) is 6.20 Å². The van der Waals surface area contributed by atoms with Crippen LogP contribution in [0.4, 0.5) is 5.95 Å². The number of hydrogen-bond donors (Lipinski definition) is 2. The predicted octanol–water partition coefficient (Wildman–Crippen LogP) is 2.36. The minimum Gasteiger partial charge on any atom is -0.356 e. The molecule has 2 N–H and O–H groups in total. The molecule has 0 bridgehead atoms. The second-order valence-electron chi connectivity index (χ2n) is 6.29. The van der Waals surface area contributed by atoms with Gasteiger partial charge < -0.3 is 15.2 Å². The summed E-state index contributed by atoms with van der Waals surface area (Å²) in [5.74, 6) is 2.36. The number of nitrogens with one attached hydrogen (secondary N) is 2. The van der Waals surface area contributed by atoms with E-state index in [9.17, 15) is 4.79 Å². The van der Waals surface area contributed by atoms with Gasteiger partial charge in [-0.25, -0.2) is 4.98 Å². The maximum Gasteiger partial charge on any atom is 0.271 e. The lowest BCUT2D eigenvalue weighted by Crippen LogP contribution is -2.34. The van der Waals surface area contributed by atoms with Crippen molar-refractivity contribution in [2.75, 3.05) is 18.4 Å². The molecule has 20 heavy (non-hydrogen) atoms. The monoisotopic (exact) mass is 278 g/mol. The molecule has 0 atom stereocenters. The van der Waals surface area contributed by atoms with Gasteiger partial charge in [0.1, 0.15) is 5.69 Å². The van der Waals surface area contributed by atoms with Crippen molar-refractivity contribution in [1.29, 1.82) is 0 Å². The molecule has 1 aromatic heterocycles. The number of carbonyl (C=O) groups is 1.